The predicted molar refractivity (Wildman–Crippen MR) is 132 cm³/mol. The lowest BCUT2D eigenvalue weighted by Crippen LogP contribution is -2.13. The van der Waals surface area contributed by atoms with Crippen LogP contribution < -0.4 is 29.6 Å². The van der Waals surface area contributed by atoms with Gasteiger partial charge in [0.1, 0.15) is 0 Å². The minimum absolute atomic E-state index is 0.191. The van der Waals surface area contributed by atoms with Crippen LogP contribution in [0, 0.1) is 6.92 Å². The number of hydrogen-bond donors (Lipinski definition) is 2. The molecule has 176 valence electrons. The Kier molecular flexibility index (Phi) is 6.09. The number of carbonyl (C=O) groups is 2. The molecule has 0 unspecified atom stereocenters. The van der Waals surface area contributed by atoms with E-state index in [1.807, 2.05) is 25.1 Å². The van der Waals surface area contributed by atoms with Crippen LogP contribution in [0.15, 0.2) is 66.7 Å². The van der Waals surface area contributed by atoms with Gasteiger partial charge in [0, 0.05) is 12.2 Å². The summed E-state index contributed by atoms with van der Waals surface area (Å²) < 4.78 is 21.3. The second kappa shape index (κ2) is 9.64. The maximum absolute atomic E-state index is 12.6. The van der Waals surface area contributed by atoms with Crippen LogP contribution in [-0.2, 0) is 9.59 Å². The van der Waals surface area contributed by atoms with Crippen molar-refractivity contribution in [2.45, 2.75) is 6.92 Å². The zero-order valence-electron chi connectivity index (χ0n) is 18.9. The van der Waals surface area contributed by atoms with E-state index in [0.717, 1.165) is 16.7 Å². The number of nitrogens with one attached hydrogen (secondary N) is 2. The van der Waals surface area contributed by atoms with Crippen molar-refractivity contribution in [3.63, 3.8) is 0 Å². The second-order valence-electron chi connectivity index (χ2n) is 7.92. The van der Waals surface area contributed by atoms with E-state index in [0.29, 0.717) is 34.4 Å². The maximum atomic E-state index is 12.6. The van der Waals surface area contributed by atoms with E-state index in [2.05, 4.69) is 10.6 Å². The molecule has 35 heavy (non-hydrogen) atoms. The molecule has 0 aliphatic carbocycles. The molecule has 2 N–H and O–H groups in total. The normalized spacial score (nSPS) is 13.4. The molecule has 2 aliphatic rings. The zero-order valence-corrected chi connectivity index (χ0v) is 18.9. The molecular weight excluding hydrogens is 448 g/mol. The summed E-state index contributed by atoms with van der Waals surface area (Å²) in [5.41, 5.74) is 3.52. The van der Waals surface area contributed by atoms with E-state index < -0.39 is 0 Å². The van der Waals surface area contributed by atoms with E-state index in [4.69, 9.17) is 18.9 Å². The Labute approximate surface area is 201 Å². The highest BCUT2D eigenvalue weighted by atomic mass is 16.7. The van der Waals surface area contributed by atoms with E-state index in [1.54, 1.807) is 48.6 Å². The summed E-state index contributed by atoms with van der Waals surface area (Å²) in [4.78, 5) is 25.1. The van der Waals surface area contributed by atoms with Gasteiger partial charge in [-0.2, -0.15) is 0 Å². The summed E-state index contributed by atoms with van der Waals surface area (Å²) in [6.07, 6.45) is 6.20. The lowest BCUT2D eigenvalue weighted by atomic mass is 10.1. The van der Waals surface area contributed by atoms with Crippen LogP contribution in [-0.4, -0.2) is 25.4 Å². The average molecular weight is 470 g/mol. The summed E-state index contributed by atoms with van der Waals surface area (Å²) in [5.74, 6) is 1.98. The lowest BCUT2D eigenvalue weighted by molar-refractivity contribution is -0.112. The van der Waals surface area contributed by atoms with Crippen molar-refractivity contribution in [2.24, 2.45) is 0 Å². The van der Waals surface area contributed by atoms with Crippen LogP contribution in [0.1, 0.15) is 16.7 Å². The summed E-state index contributed by atoms with van der Waals surface area (Å²) >= 11 is 0. The monoisotopic (exact) mass is 470 g/mol. The molecule has 2 aliphatic heterocycles. The highest BCUT2D eigenvalue weighted by Crippen LogP contribution is 2.34. The van der Waals surface area contributed by atoms with Gasteiger partial charge in [-0.1, -0.05) is 18.2 Å². The van der Waals surface area contributed by atoms with Crippen LogP contribution in [0.25, 0.3) is 12.2 Å². The van der Waals surface area contributed by atoms with Gasteiger partial charge >= 0.3 is 0 Å². The molecule has 3 aromatic carbocycles. The summed E-state index contributed by atoms with van der Waals surface area (Å²) in [6.45, 7) is 2.29. The van der Waals surface area contributed by atoms with Gasteiger partial charge in [-0.15, -0.1) is 0 Å². The van der Waals surface area contributed by atoms with Gasteiger partial charge in [-0.25, -0.2) is 0 Å². The van der Waals surface area contributed by atoms with Gasteiger partial charge in [-0.05, 0) is 72.2 Å². The van der Waals surface area contributed by atoms with Gasteiger partial charge in [0.2, 0.25) is 25.4 Å². The Hall–Kier alpha value is -4.72. The van der Waals surface area contributed by atoms with Crippen molar-refractivity contribution in [1.82, 2.24) is 0 Å². The number of aryl methyl sites for hydroxylation is 1. The summed E-state index contributed by atoms with van der Waals surface area (Å²) in [5, 5.41) is 5.65. The lowest BCUT2D eigenvalue weighted by Gasteiger charge is -2.11. The first-order valence-corrected chi connectivity index (χ1v) is 10.9. The number of amides is 2. The Morgan fingerprint density at radius 1 is 0.657 bits per heavy atom. The molecule has 0 aromatic heterocycles. The van der Waals surface area contributed by atoms with Gasteiger partial charge in [-0.3, -0.25) is 9.59 Å². The first-order chi connectivity index (χ1) is 17.0. The largest absolute Gasteiger partial charge is 0.454 e. The van der Waals surface area contributed by atoms with Gasteiger partial charge in [0.15, 0.2) is 23.0 Å². The maximum Gasteiger partial charge on any atom is 0.248 e. The summed E-state index contributed by atoms with van der Waals surface area (Å²) in [7, 11) is 0. The van der Waals surface area contributed by atoms with Crippen molar-refractivity contribution in [1.29, 1.82) is 0 Å². The Morgan fingerprint density at radius 3 is 1.74 bits per heavy atom. The average Bonchev–Trinajstić information content (AvgIpc) is 3.51. The van der Waals surface area contributed by atoms with Crippen molar-refractivity contribution < 1.29 is 28.5 Å². The van der Waals surface area contributed by atoms with Crippen molar-refractivity contribution in [3.05, 3.63) is 83.4 Å². The van der Waals surface area contributed by atoms with Crippen LogP contribution in [0.3, 0.4) is 0 Å². The van der Waals surface area contributed by atoms with Crippen molar-refractivity contribution in [3.8, 4) is 23.0 Å². The van der Waals surface area contributed by atoms with Crippen molar-refractivity contribution in [2.75, 3.05) is 24.2 Å². The van der Waals surface area contributed by atoms with E-state index in [1.165, 1.54) is 12.2 Å². The number of fused-ring (bicyclic) bond motifs is 2. The fraction of sp³-hybridized carbons (Fsp3) is 0.111. The molecule has 8 heteroatoms. The highest BCUT2D eigenvalue weighted by molar-refractivity contribution is 6.08. The van der Waals surface area contributed by atoms with E-state index >= 15 is 0 Å². The minimum atomic E-state index is -0.335. The molecule has 2 heterocycles. The topological polar surface area (TPSA) is 95.1 Å². The third-order valence-corrected chi connectivity index (χ3v) is 5.34. The number of anilines is 2. The van der Waals surface area contributed by atoms with Gasteiger partial charge in [0.05, 0.1) is 11.4 Å². The van der Waals surface area contributed by atoms with E-state index in [9.17, 15) is 9.59 Å². The standard InChI is InChI=1S/C27H22N2O6/c1-17-2-7-20(28-26(30)10-5-18-3-8-22-24(13-18)34-15-32-22)21(12-17)29-27(31)11-6-19-4-9-23-25(14-19)35-16-33-23/h2-14H,15-16H2,1H3,(H,28,30)(H,29,31)/b10-5-,11-6+. The SMILES string of the molecule is Cc1ccc(NC(=O)/C=C\c2ccc3c(c2)OCO3)c(NC(=O)/C=C/c2ccc3c(c2)OCO3)c1. The van der Waals surface area contributed by atoms with Crippen LogP contribution in [0.2, 0.25) is 0 Å². The first kappa shape index (κ1) is 22.1. The fourth-order valence-corrected chi connectivity index (χ4v) is 3.60. The van der Waals surface area contributed by atoms with Gasteiger partial charge < -0.3 is 29.6 Å². The third kappa shape index (κ3) is 5.27. The molecule has 0 saturated heterocycles. The Morgan fingerprint density at radius 2 is 1.17 bits per heavy atom. The highest BCUT2D eigenvalue weighted by Gasteiger charge is 2.14. The molecule has 0 fully saturated rings. The van der Waals surface area contributed by atoms with Crippen LogP contribution in [0.5, 0.6) is 23.0 Å². The quantitative estimate of drug-likeness (QED) is 0.505. The van der Waals surface area contributed by atoms with Crippen molar-refractivity contribution >= 4 is 35.3 Å². The summed E-state index contributed by atoms with van der Waals surface area (Å²) in [6, 6.07) is 16.3. The zero-order chi connectivity index (χ0) is 24.2. The van der Waals surface area contributed by atoms with Crippen LogP contribution >= 0.6 is 0 Å². The molecule has 0 saturated carbocycles. The minimum Gasteiger partial charge on any atom is -0.454 e. The molecule has 0 bridgehead atoms. The second-order valence-corrected chi connectivity index (χ2v) is 7.92. The molecule has 0 atom stereocenters. The molecule has 3 aromatic rings. The number of hydrogen-bond acceptors (Lipinski definition) is 6. The first-order valence-electron chi connectivity index (χ1n) is 10.9. The molecule has 5 rings (SSSR count). The smallest absolute Gasteiger partial charge is 0.248 e. The van der Waals surface area contributed by atoms with Gasteiger partial charge in [0.25, 0.3) is 0 Å². The molecule has 0 spiro atoms. The number of benzene rings is 3. The molecule has 2 amide bonds. The molecule has 0 radical (unpaired) electrons. The van der Waals surface area contributed by atoms with Crippen LogP contribution in [0.4, 0.5) is 11.4 Å². The third-order valence-electron chi connectivity index (χ3n) is 5.34. The Bertz CT molecular complexity index is 1360. The predicted octanol–water partition coefficient (Wildman–Crippen LogP) is 4.76. The fourth-order valence-electron chi connectivity index (χ4n) is 3.60. The van der Waals surface area contributed by atoms with E-state index in [-0.39, 0.29) is 25.4 Å². The molecular formula is C27H22N2O6. The number of rotatable bonds is 6. The number of ether oxygens (including phenoxy) is 4. The molecule has 8 nitrogen and oxygen atoms in total. The Balaban J connectivity index is 1.24. The number of carbonyl (C=O) groups excluding carboxylic acids is 2.